The molecule has 0 aliphatic rings. The molecule has 2 aromatic heterocycles. The summed E-state index contributed by atoms with van der Waals surface area (Å²) in [5, 5.41) is 14.6. The van der Waals surface area contributed by atoms with Gasteiger partial charge in [-0.3, -0.25) is 20.2 Å². The Hall–Kier alpha value is -3.59. The Balaban J connectivity index is 1.58. The summed E-state index contributed by atoms with van der Waals surface area (Å²) in [4.78, 5) is 31.4. The number of carbonyl (C=O) groups excluding carboxylic acids is 1. The number of aromatic nitrogens is 2. The Labute approximate surface area is 168 Å². The topological polar surface area (TPSA) is 101 Å². The highest BCUT2D eigenvalue weighted by molar-refractivity contribution is 7.15. The molecule has 0 unspecified atom stereocenters. The molecular weight excluding hydrogens is 395 g/mol. The predicted molar refractivity (Wildman–Crippen MR) is 109 cm³/mol. The van der Waals surface area contributed by atoms with E-state index >= 15 is 0 Å². The van der Waals surface area contributed by atoms with Gasteiger partial charge in [-0.2, -0.15) is 0 Å². The molecule has 1 amide bonds. The molecule has 0 radical (unpaired) electrons. The standard InChI is InChI=1S/C20H15FN4O3S/c1-11-18(8-12-4-2-3-5-16(12)21)29-20(23-11)24-19(26)15-10-22-17-7-6-13(25(27)28)9-14(15)17/h2-7,9-10,22H,8H2,1H3,(H,23,24,26). The third-order valence-electron chi connectivity index (χ3n) is 4.54. The Morgan fingerprint density at radius 1 is 1.31 bits per heavy atom. The second kappa shape index (κ2) is 7.44. The molecule has 9 heteroatoms. The van der Waals surface area contributed by atoms with Gasteiger partial charge in [0.15, 0.2) is 5.13 Å². The van der Waals surface area contributed by atoms with E-state index in [2.05, 4.69) is 15.3 Å². The van der Waals surface area contributed by atoms with Crippen LogP contribution in [0.15, 0.2) is 48.7 Å². The number of halogens is 1. The highest BCUT2D eigenvalue weighted by Gasteiger charge is 2.18. The Morgan fingerprint density at radius 3 is 2.86 bits per heavy atom. The molecule has 2 N–H and O–H groups in total. The van der Waals surface area contributed by atoms with Crippen molar-refractivity contribution in [2.45, 2.75) is 13.3 Å². The number of nitro groups is 1. The first-order valence-corrected chi connectivity index (χ1v) is 9.50. The third-order valence-corrected chi connectivity index (χ3v) is 5.62. The van der Waals surface area contributed by atoms with Crippen LogP contribution in [-0.4, -0.2) is 20.8 Å². The number of anilines is 1. The number of nitrogens with one attached hydrogen (secondary N) is 2. The fourth-order valence-electron chi connectivity index (χ4n) is 3.03. The summed E-state index contributed by atoms with van der Waals surface area (Å²) in [6.45, 7) is 1.80. The van der Waals surface area contributed by atoms with Crippen molar-refractivity contribution in [3.05, 3.63) is 86.3 Å². The zero-order chi connectivity index (χ0) is 20.5. The maximum absolute atomic E-state index is 13.9. The highest BCUT2D eigenvalue weighted by Crippen LogP contribution is 2.28. The minimum Gasteiger partial charge on any atom is -0.360 e. The number of hydrogen-bond acceptors (Lipinski definition) is 5. The summed E-state index contributed by atoms with van der Waals surface area (Å²) in [7, 11) is 0. The van der Waals surface area contributed by atoms with Gasteiger partial charge < -0.3 is 4.98 Å². The number of thiazole rings is 1. The van der Waals surface area contributed by atoms with Crippen molar-refractivity contribution >= 4 is 39.0 Å². The number of benzene rings is 2. The summed E-state index contributed by atoms with van der Waals surface area (Å²) in [6, 6.07) is 10.8. The van der Waals surface area contributed by atoms with E-state index in [1.165, 1.54) is 35.7 Å². The fourth-order valence-corrected chi connectivity index (χ4v) is 4.02. The number of fused-ring (bicyclic) bond motifs is 1. The molecule has 2 aromatic carbocycles. The predicted octanol–water partition coefficient (Wildman–Crippen LogP) is 4.82. The molecule has 0 saturated heterocycles. The molecule has 4 rings (SSSR count). The van der Waals surface area contributed by atoms with E-state index in [1.807, 2.05) is 0 Å². The summed E-state index contributed by atoms with van der Waals surface area (Å²) in [5.74, 6) is -0.714. The van der Waals surface area contributed by atoms with Crippen molar-refractivity contribution in [2.24, 2.45) is 0 Å². The van der Waals surface area contributed by atoms with Gasteiger partial charge in [-0.15, -0.1) is 11.3 Å². The van der Waals surface area contributed by atoms with Gasteiger partial charge in [0.05, 0.1) is 16.2 Å². The van der Waals surface area contributed by atoms with E-state index < -0.39 is 10.8 Å². The molecular formula is C20H15FN4O3S. The number of non-ortho nitro benzene ring substituents is 1. The summed E-state index contributed by atoms with van der Waals surface area (Å²) in [5.41, 5.74) is 2.08. The number of hydrogen-bond donors (Lipinski definition) is 2. The molecule has 0 fully saturated rings. The molecule has 7 nitrogen and oxygen atoms in total. The quantitative estimate of drug-likeness (QED) is 0.364. The van der Waals surface area contributed by atoms with Crippen LogP contribution in [0.4, 0.5) is 15.2 Å². The van der Waals surface area contributed by atoms with E-state index in [4.69, 9.17) is 0 Å². The van der Waals surface area contributed by atoms with Crippen molar-refractivity contribution in [1.29, 1.82) is 0 Å². The molecule has 0 spiro atoms. The molecule has 4 aromatic rings. The number of aryl methyl sites for hydroxylation is 1. The molecule has 0 aliphatic carbocycles. The Kier molecular flexibility index (Phi) is 4.81. The molecule has 0 atom stereocenters. The van der Waals surface area contributed by atoms with Gasteiger partial charge in [0.1, 0.15) is 5.82 Å². The van der Waals surface area contributed by atoms with E-state index in [1.54, 1.807) is 31.2 Å². The number of carbonyl (C=O) groups is 1. The molecule has 0 bridgehead atoms. The first-order chi connectivity index (χ1) is 13.9. The Bertz CT molecular complexity index is 1250. The third kappa shape index (κ3) is 3.72. The maximum Gasteiger partial charge on any atom is 0.270 e. The Morgan fingerprint density at radius 2 is 2.10 bits per heavy atom. The second-order valence-electron chi connectivity index (χ2n) is 6.44. The smallest absolute Gasteiger partial charge is 0.270 e. The van der Waals surface area contributed by atoms with Crippen LogP contribution < -0.4 is 5.32 Å². The first kappa shape index (κ1) is 18.8. The number of rotatable bonds is 5. The van der Waals surface area contributed by atoms with Crippen LogP contribution in [0.2, 0.25) is 0 Å². The maximum atomic E-state index is 13.9. The SMILES string of the molecule is Cc1nc(NC(=O)c2c[nH]c3ccc([N+](=O)[O-])cc23)sc1Cc1ccccc1F. The van der Waals surface area contributed by atoms with Crippen molar-refractivity contribution in [3.63, 3.8) is 0 Å². The lowest BCUT2D eigenvalue weighted by Gasteiger charge is -2.01. The zero-order valence-electron chi connectivity index (χ0n) is 15.2. The number of aromatic amines is 1. The van der Waals surface area contributed by atoms with Gasteiger partial charge >= 0.3 is 0 Å². The van der Waals surface area contributed by atoms with Crippen LogP contribution in [0.5, 0.6) is 0 Å². The van der Waals surface area contributed by atoms with Crippen LogP contribution in [0.3, 0.4) is 0 Å². The average Bonchev–Trinajstić information content (AvgIpc) is 3.26. The lowest BCUT2D eigenvalue weighted by Crippen LogP contribution is -2.11. The average molecular weight is 410 g/mol. The van der Waals surface area contributed by atoms with Gasteiger partial charge in [0.2, 0.25) is 0 Å². The van der Waals surface area contributed by atoms with Crippen LogP contribution in [0.25, 0.3) is 10.9 Å². The van der Waals surface area contributed by atoms with Crippen molar-refractivity contribution in [2.75, 3.05) is 5.32 Å². The summed E-state index contributed by atoms with van der Waals surface area (Å²) >= 11 is 1.27. The molecule has 2 heterocycles. The van der Waals surface area contributed by atoms with E-state index in [0.717, 1.165) is 4.88 Å². The van der Waals surface area contributed by atoms with E-state index in [0.29, 0.717) is 33.7 Å². The van der Waals surface area contributed by atoms with Gasteiger partial charge in [-0.25, -0.2) is 9.37 Å². The zero-order valence-corrected chi connectivity index (χ0v) is 16.0. The van der Waals surface area contributed by atoms with Crippen LogP contribution in [-0.2, 0) is 6.42 Å². The molecule has 29 heavy (non-hydrogen) atoms. The second-order valence-corrected chi connectivity index (χ2v) is 7.52. The minimum atomic E-state index is -0.507. The summed E-state index contributed by atoms with van der Waals surface area (Å²) < 4.78 is 13.9. The van der Waals surface area contributed by atoms with Gasteiger partial charge in [-0.05, 0) is 24.6 Å². The monoisotopic (exact) mass is 410 g/mol. The van der Waals surface area contributed by atoms with Gasteiger partial charge in [0.25, 0.3) is 11.6 Å². The first-order valence-electron chi connectivity index (χ1n) is 8.69. The van der Waals surface area contributed by atoms with Crippen molar-refractivity contribution in [3.8, 4) is 0 Å². The minimum absolute atomic E-state index is 0.0941. The van der Waals surface area contributed by atoms with Gasteiger partial charge in [-0.1, -0.05) is 18.2 Å². The number of nitro benzene ring substituents is 1. The molecule has 0 aliphatic heterocycles. The number of amides is 1. The van der Waals surface area contributed by atoms with Crippen molar-refractivity contribution in [1.82, 2.24) is 9.97 Å². The highest BCUT2D eigenvalue weighted by atomic mass is 32.1. The van der Waals surface area contributed by atoms with Crippen LogP contribution in [0, 0.1) is 22.9 Å². The van der Waals surface area contributed by atoms with Crippen LogP contribution in [0.1, 0.15) is 26.5 Å². The van der Waals surface area contributed by atoms with E-state index in [9.17, 15) is 19.3 Å². The number of nitrogens with zero attached hydrogens (tertiary/aromatic N) is 2. The lowest BCUT2D eigenvalue weighted by atomic mass is 10.1. The van der Waals surface area contributed by atoms with Gasteiger partial charge in [0, 0.05) is 40.5 Å². The molecule has 146 valence electrons. The number of H-pyrrole nitrogens is 1. The van der Waals surface area contributed by atoms with E-state index in [-0.39, 0.29) is 17.1 Å². The normalized spacial score (nSPS) is 11.0. The fraction of sp³-hybridized carbons (Fsp3) is 0.100. The van der Waals surface area contributed by atoms with Crippen LogP contribution >= 0.6 is 11.3 Å². The van der Waals surface area contributed by atoms with Crippen molar-refractivity contribution < 1.29 is 14.1 Å². The summed E-state index contributed by atoms with van der Waals surface area (Å²) in [6.07, 6.45) is 1.88. The largest absolute Gasteiger partial charge is 0.360 e. The molecule has 0 saturated carbocycles. The lowest BCUT2D eigenvalue weighted by molar-refractivity contribution is -0.384.